The quantitative estimate of drug-likeness (QED) is 0.700. The minimum Gasteiger partial charge on any atom is -0.459 e. The van der Waals surface area contributed by atoms with Gasteiger partial charge in [-0.15, -0.1) is 11.3 Å². The highest BCUT2D eigenvalue weighted by molar-refractivity contribution is 7.09. The van der Waals surface area contributed by atoms with E-state index in [1.165, 1.54) is 4.88 Å². The van der Waals surface area contributed by atoms with Crippen LogP contribution in [-0.2, 0) is 11.3 Å². The Morgan fingerprint density at radius 1 is 1.29 bits per heavy atom. The normalized spacial score (nSPS) is 12.6. The predicted octanol–water partition coefficient (Wildman–Crippen LogP) is 4.19. The summed E-state index contributed by atoms with van der Waals surface area (Å²) in [6, 6.07) is 13.9. The average Bonchev–Trinajstić information content (AvgIpc) is 3.23. The zero-order valence-corrected chi connectivity index (χ0v) is 14.8. The van der Waals surface area contributed by atoms with Crippen LogP contribution in [0.25, 0.3) is 11.0 Å². The van der Waals surface area contributed by atoms with Crippen molar-refractivity contribution < 1.29 is 9.21 Å². The van der Waals surface area contributed by atoms with Crippen molar-refractivity contribution in [3.8, 4) is 0 Å². The van der Waals surface area contributed by atoms with Crippen molar-refractivity contribution >= 4 is 28.2 Å². The van der Waals surface area contributed by atoms with E-state index in [1.807, 2.05) is 43.3 Å². The van der Waals surface area contributed by atoms with E-state index in [2.05, 4.69) is 28.6 Å². The van der Waals surface area contributed by atoms with Crippen LogP contribution in [-0.4, -0.2) is 23.9 Å². The molecule has 4 nitrogen and oxygen atoms in total. The van der Waals surface area contributed by atoms with Gasteiger partial charge in [0.1, 0.15) is 11.3 Å². The molecule has 0 saturated heterocycles. The first-order valence-corrected chi connectivity index (χ1v) is 9.06. The van der Waals surface area contributed by atoms with E-state index < -0.39 is 0 Å². The Morgan fingerprint density at radius 2 is 2.12 bits per heavy atom. The van der Waals surface area contributed by atoms with Gasteiger partial charge in [-0.3, -0.25) is 9.69 Å². The van der Waals surface area contributed by atoms with Gasteiger partial charge in [0.05, 0.1) is 12.6 Å². The van der Waals surface area contributed by atoms with E-state index >= 15 is 0 Å². The van der Waals surface area contributed by atoms with Gasteiger partial charge in [0, 0.05) is 16.8 Å². The van der Waals surface area contributed by atoms with Crippen LogP contribution in [0.1, 0.15) is 30.5 Å². The zero-order chi connectivity index (χ0) is 16.9. The number of nitrogens with one attached hydrogen (secondary N) is 1. The number of rotatable bonds is 7. The van der Waals surface area contributed by atoms with Crippen LogP contribution in [0.15, 0.2) is 52.3 Å². The summed E-state index contributed by atoms with van der Waals surface area (Å²) in [6.45, 7) is 6.05. The molecule has 1 atom stereocenters. The lowest BCUT2D eigenvalue weighted by Gasteiger charge is -2.20. The molecule has 1 N–H and O–H groups in total. The van der Waals surface area contributed by atoms with Gasteiger partial charge in [-0.25, -0.2) is 0 Å². The molecule has 0 fully saturated rings. The number of benzene rings is 1. The molecule has 1 amide bonds. The van der Waals surface area contributed by atoms with Crippen LogP contribution in [0.3, 0.4) is 0 Å². The summed E-state index contributed by atoms with van der Waals surface area (Å²) >= 11 is 1.72. The molecule has 0 spiro atoms. The SMILES string of the molecule is CCN(CC(=O)NC(C)c1cc2ccccc2o1)Cc1cccs1. The molecule has 2 heterocycles. The fourth-order valence-corrected chi connectivity index (χ4v) is 3.43. The molecule has 0 radical (unpaired) electrons. The first-order chi connectivity index (χ1) is 11.7. The molecule has 3 aromatic rings. The lowest BCUT2D eigenvalue weighted by atomic mass is 10.2. The highest BCUT2D eigenvalue weighted by Crippen LogP contribution is 2.23. The van der Waals surface area contributed by atoms with Crippen molar-refractivity contribution in [1.82, 2.24) is 10.2 Å². The second kappa shape index (κ2) is 7.64. The smallest absolute Gasteiger partial charge is 0.234 e. The van der Waals surface area contributed by atoms with Gasteiger partial charge in [0.25, 0.3) is 0 Å². The molecule has 3 rings (SSSR count). The van der Waals surface area contributed by atoms with Crippen LogP contribution in [0.5, 0.6) is 0 Å². The van der Waals surface area contributed by atoms with Gasteiger partial charge in [-0.2, -0.15) is 0 Å². The number of fused-ring (bicyclic) bond motifs is 1. The topological polar surface area (TPSA) is 45.5 Å². The third-order valence-electron chi connectivity index (χ3n) is 4.02. The molecule has 1 unspecified atom stereocenters. The van der Waals surface area contributed by atoms with Crippen molar-refractivity contribution in [2.75, 3.05) is 13.1 Å². The number of thiophene rings is 1. The van der Waals surface area contributed by atoms with Crippen molar-refractivity contribution in [2.45, 2.75) is 26.4 Å². The first kappa shape index (κ1) is 16.7. The van der Waals surface area contributed by atoms with Gasteiger partial charge in [0.2, 0.25) is 5.91 Å². The fraction of sp³-hybridized carbons (Fsp3) is 0.316. The fourth-order valence-electron chi connectivity index (χ4n) is 2.68. The number of likely N-dealkylation sites (N-methyl/N-ethyl adjacent to an activating group) is 1. The van der Waals surface area contributed by atoms with Crippen LogP contribution in [0.4, 0.5) is 0 Å². The standard InChI is InChI=1S/C19H22N2O2S/c1-3-21(12-16-8-6-10-24-16)13-19(22)20-14(2)18-11-15-7-4-5-9-17(15)23-18/h4-11,14H,3,12-13H2,1-2H3,(H,20,22). The summed E-state index contributed by atoms with van der Waals surface area (Å²) in [7, 11) is 0. The number of para-hydroxylation sites is 1. The monoisotopic (exact) mass is 342 g/mol. The number of amides is 1. The van der Waals surface area contributed by atoms with Gasteiger partial charge in [-0.05, 0) is 37.0 Å². The van der Waals surface area contributed by atoms with E-state index in [0.29, 0.717) is 6.54 Å². The summed E-state index contributed by atoms with van der Waals surface area (Å²) < 4.78 is 5.82. The van der Waals surface area contributed by atoms with Gasteiger partial charge in [-0.1, -0.05) is 31.2 Å². The third kappa shape index (κ3) is 4.04. The van der Waals surface area contributed by atoms with Crippen LogP contribution < -0.4 is 5.32 Å². The van der Waals surface area contributed by atoms with Crippen LogP contribution in [0, 0.1) is 0 Å². The summed E-state index contributed by atoms with van der Waals surface area (Å²) in [5, 5.41) is 6.15. The van der Waals surface area contributed by atoms with E-state index in [1.54, 1.807) is 11.3 Å². The van der Waals surface area contributed by atoms with Crippen molar-refractivity contribution in [2.24, 2.45) is 0 Å². The second-order valence-electron chi connectivity index (χ2n) is 5.86. The number of hydrogen-bond acceptors (Lipinski definition) is 4. The molecule has 24 heavy (non-hydrogen) atoms. The minimum atomic E-state index is -0.148. The largest absolute Gasteiger partial charge is 0.459 e. The number of carbonyl (C=O) groups is 1. The molecule has 5 heteroatoms. The Kier molecular flexibility index (Phi) is 5.33. The number of hydrogen-bond donors (Lipinski definition) is 1. The molecule has 126 valence electrons. The average molecular weight is 342 g/mol. The highest BCUT2D eigenvalue weighted by Gasteiger charge is 2.16. The molecule has 0 saturated carbocycles. The van der Waals surface area contributed by atoms with E-state index in [4.69, 9.17) is 4.42 Å². The summed E-state index contributed by atoms with van der Waals surface area (Å²) in [4.78, 5) is 15.8. The third-order valence-corrected chi connectivity index (χ3v) is 4.88. The Hall–Kier alpha value is -2.11. The molecule has 0 aliphatic carbocycles. The maximum absolute atomic E-state index is 12.3. The predicted molar refractivity (Wildman–Crippen MR) is 98.0 cm³/mol. The summed E-state index contributed by atoms with van der Waals surface area (Å²) in [6.07, 6.45) is 0. The Morgan fingerprint density at radius 3 is 2.83 bits per heavy atom. The highest BCUT2D eigenvalue weighted by atomic mass is 32.1. The summed E-state index contributed by atoms with van der Waals surface area (Å²) in [5.41, 5.74) is 0.849. The lowest BCUT2D eigenvalue weighted by Crippen LogP contribution is -2.37. The van der Waals surface area contributed by atoms with Crippen molar-refractivity contribution in [3.05, 3.63) is 58.5 Å². The van der Waals surface area contributed by atoms with E-state index in [-0.39, 0.29) is 11.9 Å². The maximum atomic E-state index is 12.3. The molecule has 0 aliphatic heterocycles. The Bertz CT molecular complexity index is 762. The summed E-state index contributed by atoms with van der Waals surface area (Å²) in [5.74, 6) is 0.798. The molecule has 0 aliphatic rings. The molecule has 1 aromatic carbocycles. The lowest BCUT2D eigenvalue weighted by molar-refractivity contribution is -0.123. The second-order valence-corrected chi connectivity index (χ2v) is 6.89. The Labute approximate surface area is 146 Å². The van der Waals surface area contributed by atoms with Gasteiger partial charge < -0.3 is 9.73 Å². The van der Waals surface area contributed by atoms with E-state index in [0.717, 1.165) is 29.8 Å². The Balaban J connectivity index is 1.58. The van der Waals surface area contributed by atoms with Crippen LogP contribution in [0.2, 0.25) is 0 Å². The first-order valence-electron chi connectivity index (χ1n) is 8.18. The molecular weight excluding hydrogens is 320 g/mol. The van der Waals surface area contributed by atoms with Crippen molar-refractivity contribution in [1.29, 1.82) is 0 Å². The van der Waals surface area contributed by atoms with Gasteiger partial charge >= 0.3 is 0 Å². The number of furan rings is 1. The maximum Gasteiger partial charge on any atom is 0.234 e. The number of carbonyl (C=O) groups excluding carboxylic acids is 1. The van der Waals surface area contributed by atoms with Crippen molar-refractivity contribution in [3.63, 3.8) is 0 Å². The van der Waals surface area contributed by atoms with Gasteiger partial charge in [0.15, 0.2) is 0 Å². The minimum absolute atomic E-state index is 0.0152. The molecule has 0 bridgehead atoms. The van der Waals surface area contributed by atoms with Crippen LogP contribution >= 0.6 is 11.3 Å². The zero-order valence-electron chi connectivity index (χ0n) is 14.0. The molecular formula is C19H22N2O2S. The number of nitrogens with zero attached hydrogens (tertiary/aromatic N) is 1. The molecule has 2 aromatic heterocycles. The van der Waals surface area contributed by atoms with E-state index in [9.17, 15) is 4.79 Å².